The molecule has 2 rings (SSSR count). The zero-order valence-corrected chi connectivity index (χ0v) is 9.68. The van der Waals surface area contributed by atoms with E-state index in [2.05, 4.69) is 22.3 Å². The van der Waals surface area contributed by atoms with Gasteiger partial charge in [0.1, 0.15) is 16.7 Å². The van der Waals surface area contributed by atoms with Crippen molar-refractivity contribution in [3.63, 3.8) is 0 Å². The monoisotopic (exact) mass is 224 g/mol. The largest absolute Gasteiger partial charge is 0.308 e. The van der Waals surface area contributed by atoms with Gasteiger partial charge in [-0.15, -0.1) is 11.8 Å². The number of hydrazine groups is 1. The summed E-state index contributed by atoms with van der Waals surface area (Å²) < 4.78 is 0. The fourth-order valence-electron chi connectivity index (χ4n) is 1.32. The molecule has 0 unspecified atom stereocenters. The first-order valence-corrected chi connectivity index (χ1v) is 6.30. The van der Waals surface area contributed by atoms with Gasteiger partial charge in [0.25, 0.3) is 0 Å². The van der Waals surface area contributed by atoms with Gasteiger partial charge in [-0.25, -0.2) is 15.8 Å². The number of anilines is 1. The second-order valence-corrected chi connectivity index (χ2v) is 4.83. The second-order valence-electron chi connectivity index (χ2n) is 3.72. The van der Waals surface area contributed by atoms with E-state index in [0.717, 1.165) is 28.8 Å². The van der Waals surface area contributed by atoms with Crippen molar-refractivity contribution in [2.24, 2.45) is 5.84 Å². The molecule has 5 heteroatoms. The predicted molar refractivity (Wildman–Crippen MR) is 62.8 cm³/mol. The molecule has 1 aliphatic rings. The van der Waals surface area contributed by atoms with Crippen molar-refractivity contribution in [2.75, 3.05) is 11.2 Å². The van der Waals surface area contributed by atoms with Crippen molar-refractivity contribution in [2.45, 2.75) is 37.1 Å². The number of nitrogens with one attached hydrogen (secondary N) is 1. The molecule has 1 aromatic rings. The molecule has 3 N–H and O–H groups in total. The molecule has 0 saturated heterocycles. The van der Waals surface area contributed by atoms with Crippen LogP contribution < -0.4 is 11.3 Å². The Labute approximate surface area is 94.0 Å². The van der Waals surface area contributed by atoms with E-state index in [4.69, 9.17) is 5.84 Å². The van der Waals surface area contributed by atoms with E-state index >= 15 is 0 Å². The van der Waals surface area contributed by atoms with Gasteiger partial charge < -0.3 is 5.43 Å². The van der Waals surface area contributed by atoms with Crippen LogP contribution in [-0.4, -0.2) is 15.7 Å². The van der Waals surface area contributed by atoms with Gasteiger partial charge >= 0.3 is 0 Å². The maximum Gasteiger partial charge on any atom is 0.144 e. The van der Waals surface area contributed by atoms with Gasteiger partial charge in [-0.2, -0.15) is 0 Å². The van der Waals surface area contributed by atoms with Crippen LogP contribution in [0.3, 0.4) is 0 Å². The van der Waals surface area contributed by atoms with E-state index in [0.29, 0.717) is 5.92 Å². The Morgan fingerprint density at radius 3 is 2.93 bits per heavy atom. The average molecular weight is 224 g/mol. The molecule has 0 radical (unpaired) electrons. The predicted octanol–water partition coefficient (Wildman–Crippen LogP) is 2.14. The summed E-state index contributed by atoms with van der Waals surface area (Å²) in [7, 11) is 0. The Morgan fingerprint density at radius 1 is 1.53 bits per heavy atom. The van der Waals surface area contributed by atoms with Crippen LogP contribution in [0.1, 0.15) is 37.9 Å². The fraction of sp³-hybridized carbons (Fsp3) is 0.600. The van der Waals surface area contributed by atoms with Gasteiger partial charge in [0.05, 0.1) is 0 Å². The molecule has 1 heterocycles. The summed E-state index contributed by atoms with van der Waals surface area (Å²) in [6, 6.07) is 1.91. The first-order valence-electron chi connectivity index (χ1n) is 5.32. The quantitative estimate of drug-likeness (QED) is 0.347. The highest BCUT2D eigenvalue weighted by Crippen LogP contribution is 2.39. The third-order valence-electron chi connectivity index (χ3n) is 2.26. The molecule has 0 amide bonds. The lowest BCUT2D eigenvalue weighted by Gasteiger charge is -2.06. The third kappa shape index (κ3) is 2.82. The number of rotatable bonds is 5. The minimum atomic E-state index is 0.569. The Balaban J connectivity index is 2.16. The summed E-state index contributed by atoms with van der Waals surface area (Å²) in [5.41, 5.74) is 2.60. The van der Waals surface area contributed by atoms with E-state index in [9.17, 15) is 0 Å². The summed E-state index contributed by atoms with van der Waals surface area (Å²) in [4.78, 5) is 8.90. The number of hydrogen-bond acceptors (Lipinski definition) is 5. The molecular formula is C10H16N4S. The summed E-state index contributed by atoms with van der Waals surface area (Å²) in [5.74, 6) is 8.72. The zero-order chi connectivity index (χ0) is 10.7. The summed E-state index contributed by atoms with van der Waals surface area (Å²) in [6.45, 7) is 2.16. The summed E-state index contributed by atoms with van der Waals surface area (Å²) in [6.07, 6.45) is 3.58. The molecule has 0 aromatic carbocycles. The van der Waals surface area contributed by atoms with Crippen molar-refractivity contribution < 1.29 is 0 Å². The first kappa shape index (κ1) is 10.7. The molecule has 1 saturated carbocycles. The second kappa shape index (κ2) is 4.81. The van der Waals surface area contributed by atoms with Crippen molar-refractivity contribution in [1.29, 1.82) is 0 Å². The van der Waals surface area contributed by atoms with Gasteiger partial charge in [0.2, 0.25) is 0 Å². The summed E-state index contributed by atoms with van der Waals surface area (Å²) in [5, 5.41) is 1.03. The van der Waals surface area contributed by atoms with Crippen LogP contribution in [0.2, 0.25) is 0 Å². The Hall–Kier alpha value is -0.810. The van der Waals surface area contributed by atoms with Crippen LogP contribution in [0.15, 0.2) is 11.1 Å². The fourth-order valence-corrected chi connectivity index (χ4v) is 2.09. The van der Waals surface area contributed by atoms with E-state index in [1.807, 2.05) is 6.07 Å². The van der Waals surface area contributed by atoms with Gasteiger partial charge in [-0.1, -0.05) is 6.92 Å². The van der Waals surface area contributed by atoms with Crippen LogP contribution in [0.4, 0.5) is 5.82 Å². The first-order chi connectivity index (χ1) is 7.33. The highest BCUT2D eigenvalue weighted by atomic mass is 32.2. The number of nitrogens with zero attached hydrogens (tertiary/aromatic N) is 2. The lowest BCUT2D eigenvalue weighted by Crippen LogP contribution is -2.10. The molecular weight excluding hydrogens is 208 g/mol. The number of nitrogens with two attached hydrogens (primary N) is 1. The smallest absolute Gasteiger partial charge is 0.144 e. The minimum absolute atomic E-state index is 0.569. The van der Waals surface area contributed by atoms with E-state index < -0.39 is 0 Å². The lowest BCUT2D eigenvalue weighted by atomic mass is 10.4. The average Bonchev–Trinajstić information content (AvgIpc) is 3.09. The number of nitrogen functional groups attached to an aromatic ring is 1. The van der Waals surface area contributed by atoms with Crippen molar-refractivity contribution in [3.05, 3.63) is 11.9 Å². The Bertz CT molecular complexity index is 338. The standard InChI is InChI=1S/C10H16N4S/c1-2-5-15-9-6-8(14-11)12-10(13-9)7-3-4-7/h6-7H,2-5,11H2,1H3,(H,12,13,14). The van der Waals surface area contributed by atoms with Crippen LogP contribution >= 0.6 is 11.8 Å². The molecule has 82 valence electrons. The highest BCUT2D eigenvalue weighted by Gasteiger charge is 2.27. The minimum Gasteiger partial charge on any atom is -0.308 e. The summed E-state index contributed by atoms with van der Waals surface area (Å²) >= 11 is 1.76. The molecule has 15 heavy (non-hydrogen) atoms. The molecule has 1 aromatic heterocycles. The van der Waals surface area contributed by atoms with E-state index in [1.54, 1.807) is 11.8 Å². The lowest BCUT2D eigenvalue weighted by molar-refractivity contribution is 0.877. The molecule has 0 aliphatic heterocycles. The molecule has 1 fully saturated rings. The highest BCUT2D eigenvalue weighted by molar-refractivity contribution is 7.99. The third-order valence-corrected chi connectivity index (χ3v) is 3.38. The van der Waals surface area contributed by atoms with E-state index in [-0.39, 0.29) is 0 Å². The number of hydrogen-bond donors (Lipinski definition) is 2. The maximum absolute atomic E-state index is 5.39. The molecule has 0 bridgehead atoms. The van der Waals surface area contributed by atoms with E-state index in [1.165, 1.54) is 12.8 Å². The van der Waals surface area contributed by atoms with Crippen LogP contribution in [-0.2, 0) is 0 Å². The van der Waals surface area contributed by atoms with Crippen molar-refractivity contribution in [1.82, 2.24) is 9.97 Å². The van der Waals surface area contributed by atoms with Gasteiger partial charge in [0, 0.05) is 12.0 Å². The topological polar surface area (TPSA) is 63.8 Å². The normalized spacial score (nSPS) is 15.3. The number of aromatic nitrogens is 2. The molecule has 4 nitrogen and oxygen atoms in total. The number of thioether (sulfide) groups is 1. The van der Waals surface area contributed by atoms with Crippen molar-refractivity contribution in [3.8, 4) is 0 Å². The van der Waals surface area contributed by atoms with Gasteiger partial charge in [-0.3, -0.25) is 0 Å². The Morgan fingerprint density at radius 2 is 2.33 bits per heavy atom. The molecule has 1 aliphatic carbocycles. The molecule has 0 spiro atoms. The molecule has 0 atom stereocenters. The van der Waals surface area contributed by atoms with Crippen molar-refractivity contribution >= 4 is 17.6 Å². The van der Waals surface area contributed by atoms with Gasteiger partial charge in [-0.05, 0) is 25.0 Å². The van der Waals surface area contributed by atoms with Crippen LogP contribution in [0, 0.1) is 0 Å². The Kier molecular flexibility index (Phi) is 3.43. The van der Waals surface area contributed by atoms with Crippen LogP contribution in [0.25, 0.3) is 0 Å². The SMILES string of the molecule is CCCSc1cc(NN)nc(C2CC2)n1. The zero-order valence-electron chi connectivity index (χ0n) is 8.86. The van der Waals surface area contributed by atoms with Gasteiger partial charge in [0.15, 0.2) is 0 Å². The van der Waals surface area contributed by atoms with Crippen LogP contribution in [0.5, 0.6) is 0 Å². The maximum atomic E-state index is 5.39.